The Kier molecular flexibility index (Phi) is 4.18. The van der Waals surface area contributed by atoms with Gasteiger partial charge in [-0.2, -0.15) is 0 Å². The van der Waals surface area contributed by atoms with Gasteiger partial charge in [0, 0.05) is 11.4 Å². The molecular formula is C14H16ClNO4. The zero-order chi connectivity index (χ0) is 14.8. The molecule has 1 fully saturated rings. The van der Waals surface area contributed by atoms with E-state index in [0.29, 0.717) is 16.5 Å². The summed E-state index contributed by atoms with van der Waals surface area (Å²) >= 11 is 5.89. The van der Waals surface area contributed by atoms with E-state index in [-0.39, 0.29) is 24.2 Å². The number of carboxylic acids is 1. The third-order valence-electron chi connectivity index (χ3n) is 3.45. The van der Waals surface area contributed by atoms with Gasteiger partial charge in [-0.3, -0.25) is 9.59 Å². The van der Waals surface area contributed by atoms with Gasteiger partial charge in [-0.15, -0.1) is 0 Å². The number of hydrogen-bond acceptors (Lipinski definition) is 3. The van der Waals surface area contributed by atoms with Crippen LogP contribution in [-0.2, 0) is 9.59 Å². The fraction of sp³-hybridized carbons (Fsp3) is 0.429. The molecule has 0 bridgehead atoms. The molecule has 2 N–H and O–H groups in total. The molecular weight excluding hydrogens is 282 g/mol. The number of carboxylic acid groups (broad SMARTS) is 1. The minimum Gasteiger partial charge on any atom is -0.495 e. The molecule has 1 aromatic carbocycles. The maximum absolute atomic E-state index is 12.0. The van der Waals surface area contributed by atoms with E-state index < -0.39 is 5.97 Å². The highest BCUT2D eigenvalue weighted by molar-refractivity contribution is 6.31. The first-order valence-corrected chi connectivity index (χ1v) is 6.67. The highest BCUT2D eigenvalue weighted by Gasteiger charge is 2.45. The third-order valence-corrected chi connectivity index (χ3v) is 3.69. The topological polar surface area (TPSA) is 75.6 Å². The minimum absolute atomic E-state index is 0.0348. The summed E-state index contributed by atoms with van der Waals surface area (Å²) < 4.78 is 5.14. The van der Waals surface area contributed by atoms with Gasteiger partial charge in [-0.1, -0.05) is 11.6 Å². The second kappa shape index (κ2) is 5.71. The Morgan fingerprint density at radius 2 is 2.10 bits per heavy atom. The quantitative estimate of drug-likeness (QED) is 0.846. The first-order valence-electron chi connectivity index (χ1n) is 6.29. The number of benzene rings is 1. The molecule has 2 rings (SSSR count). The monoisotopic (exact) mass is 297 g/mol. The van der Waals surface area contributed by atoms with Crippen molar-refractivity contribution in [1.82, 2.24) is 0 Å². The van der Waals surface area contributed by atoms with Crippen molar-refractivity contribution in [3.05, 3.63) is 23.2 Å². The van der Waals surface area contributed by atoms with Crippen LogP contribution in [0.1, 0.15) is 25.7 Å². The summed E-state index contributed by atoms with van der Waals surface area (Å²) in [4.78, 5) is 22.8. The predicted octanol–water partition coefficient (Wildman–Crippen LogP) is 2.93. The van der Waals surface area contributed by atoms with Crippen LogP contribution in [0.2, 0.25) is 5.02 Å². The van der Waals surface area contributed by atoms with E-state index in [9.17, 15) is 9.59 Å². The molecule has 1 aliphatic rings. The summed E-state index contributed by atoms with van der Waals surface area (Å²) in [6, 6.07) is 4.94. The molecule has 5 nitrogen and oxygen atoms in total. The Hall–Kier alpha value is -1.75. The second-order valence-corrected chi connectivity index (χ2v) is 5.58. The maximum Gasteiger partial charge on any atom is 0.303 e. The van der Waals surface area contributed by atoms with Gasteiger partial charge < -0.3 is 15.2 Å². The number of carbonyl (C=O) groups is 2. The molecule has 1 aliphatic carbocycles. The van der Waals surface area contributed by atoms with Crippen LogP contribution in [-0.4, -0.2) is 24.1 Å². The average molecular weight is 298 g/mol. The largest absolute Gasteiger partial charge is 0.495 e. The molecule has 1 amide bonds. The number of nitrogens with one attached hydrogen (secondary N) is 1. The van der Waals surface area contributed by atoms with E-state index in [2.05, 4.69) is 5.32 Å². The number of aliphatic carboxylic acids is 1. The molecule has 0 spiro atoms. The lowest BCUT2D eigenvalue weighted by Crippen LogP contribution is -2.19. The molecule has 20 heavy (non-hydrogen) atoms. The maximum atomic E-state index is 12.0. The number of anilines is 1. The zero-order valence-electron chi connectivity index (χ0n) is 11.1. The minimum atomic E-state index is -0.865. The summed E-state index contributed by atoms with van der Waals surface area (Å²) in [5.74, 6) is -0.564. The third kappa shape index (κ3) is 3.63. The molecule has 6 heteroatoms. The Labute approximate surface area is 121 Å². The van der Waals surface area contributed by atoms with Crippen molar-refractivity contribution in [1.29, 1.82) is 0 Å². The molecule has 0 heterocycles. The second-order valence-electron chi connectivity index (χ2n) is 5.14. The van der Waals surface area contributed by atoms with Crippen molar-refractivity contribution in [3.8, 4) is 5.75 Å². The van der Waals surface area contributed by atoms with Gasteiger partial charge in [0.25, 0.3) is 0 Å². The number of halogens is 1. The highest BCUT2D eigenvalue weighted by Crippen LogP contribution is 2.52. The zero-order valence-corrected chi connectivity index (χ0v) is 11.9. The van der Waals surface area contributed by atoms with E-state index >= 15 is 0 Å². The fourth-order valence-corrected chi connectivity index (χ4v) is 2.40. The lowest BCUT2D eigenvalue weighted by molar-refractivity contribution is -0.138. The Balaban J connectivity index is 2.02. The van der Waals surface area contributed by atoms with Gasteiger partial charge in [0.15, 0.2) is 0 Å². The molecule has 1 aromatic rings. The van der Waals surface area contributed by atoms with Crippen molar-refractivity contribution >= 4 is 29.2 Å². The number of carbonyl (C=O) groups excluding carboxylic acids is 1. The lowest BCUT2D eigenvalue weighted by atomic mass is 9.98. The fourth-order valence-electron chi connectivity index (χ4n) is 2.23. The van der Waals surface area contributed by atoms with Gasteiger partial charge in [0.1, 0.15) is 5.75 Å². The van der Waals surface area contributed by atoms with Gasteiger partial charge in [-0.25, -0.2) is 0 Å². The van der Waals surface area contributed by atoms with E-state index in [4.69, 9.17) is 21.4 Å². The number of hydrogen-bond donors (Lipinski definition) is 2. The van der Waals surface area contributed by atoms with Crippen LogP contribution < -0.4 is 10.1 Å². The van der Waals surface area contributed by atoms with Crippen LogP contribution in [0.15, 0.2) is 18.2 Å². The first-order chi connectivity index (χ1) is 9.44. The van der Waals surface area contributed by atoms with Crippen molar-refractivity contribution in [2.45, 2.75) is 25.7 Å². The SMILES string of the molecule is COc1ccc(Cl)cc1NC(=O)CC1(CC(=O)O)CC1. The smallest absolute Gasteiger partial charge is 0.303 e. The standard InChI is InChI=1S/C14H16ClNO4/c1-20-11-3-2-9(15)6-10(11)16-12(17)7-14(4-5-14)8-13(18)19/h2-3,6H,4-5,7-8H2,1H3,(H,16,17)(H,18,19). The van der Waals surface area contributed by atoms with Crippen molar-refractivity contribution in [2.24, 2.45) is 5.41 Å². The average Bonchev–Trinajstić information content (AvgIpc) is 3.07. The van der Waals surface area contributed by atoms with Gasteiger partial charge >= 0.3 is 5.97 Å². The Bertz CT molecular complexity index is 540. The van der Waals surface area contributed by atoms with Crippen LogP contribution in [0.25, 0.3) is 0 Å². The van der Waals surface area contributed by atoms with E-state index in [1.54, 1.807) is 18.2 Å². The normalized spacial score (nSPS) is 15.5. The summed E-state index contributed by atoms with van der Waals surface area (Å²) in [5, 5.41) is 12.1. The molecule has 1 saturated carbocycles. The van der Waals surface area contributed by atoms with Crippen LogP contribution in [0.5, 0.6) is 5.75 Å². The molecule has 0 aromatic heterocycles. The van der Waals surface area contributed by atoms with Gasteiger partial charge in [0.05, 0.1) is 19.2 Å². The highest BCUT2D eigenvalue weighted by atomic mass is 35.5. The molecule has 0 radical (unpaired) electrons. The molecule has 0 aliphatic heterocycles. The van der Waals surface area contributed by atoms with Crippen LogP contribution in [0.4, 0.5) is 5.69 Å². The van der Waals surface area contributed by atoms with Crippen LogP contribution >= 0.6 is 11.6 Å². The predicted molar refractivity (Wildman–Crippen MR) is 75.2 cm³/mol. The number of amides is 1. The van der Waals surface area contributed by atoms with Gasteiger partial charge in [-0.05, 0) is 36.5 Å². The summed E-state index contributed by atoms with van der Waals surface area (Å²) in [6.45, 7) is 0. The van der Waals surface area contributed by atoms with E-state index in [1.165, 1.54) is 7.11 Å². The number of rotatable bonds is 6. The summed E-state index contributed by atoms with van der Waals surface area (Å²) in [5.41, 5.74) is 0.123. The van der Waals surface area contributed by atoms with Crippen molar-refractivity contribution < 1.29 is 19.4 Å². The first kappa shape index (κ1) is 14.7. The number of methoxy groups -OCH3 is 1. The lowest BCUT2D eigenvalue weighted by Gasteiger charge is -2.14. The Morgan fingerprint density at radius 3 is 2.65 bits per heavy atom. The van der Waals surface area contributed by atoms with E-state index in [0.717, 1.165) is 12.8 Å². The molecule has 0 saturated heterocycles. The summed E-state index contributed by atoms with van der Waals surface area (Å²) in [7, 11) is 1.51. The van der Waals surface area contributed by atoms with Crippen molar-refractivity contribution in [3.63, 3.8) is 0 Å². The number of ether oxygens (including phenoxy) is 1. The summed E-state index contributed by atoms with van der Waals surface area (Å²) in [6.07, 6.45) is 1.79. The van der Waals surface area contributed by atoms with Crippen LogP contribution in [0, 0.1) is 5.41 Å². The van der Waals surface area contributed by atoms with Gasteiger partial charge in [0.2, 0.25) is 5.91 Å². The van der Waals surface area contributed by atoms with E-state index in [1.807, 2.05) is 0 Å². The molecule has 0 unspecified atom stereocenters. The van der Waals surface area contributed by atoms with Crippen LogP contribution in [0.3, 0.4) is 0 Å². The Morgan fingerprint density at radius 1 is 1.40 bits per heavy atom. The molecule has 0 atom stereocenters. The van der Waals surface area contributed by atoms with Crippen molar-refractivity contribution in [2.75, 3.05) is 12.4 Å². The molecule has 108 valence electrons.